The Bertz CT molecular complexity index is 1510. The number of carbonyl (C=O) groups excluding carboxylic acids is 1. The van der Waals surface area contributed by atoms with Crippen LogP contribution < -0.4 is 21.1 Å². The molecule has 1 aliphatic heterocycles. The average Bonchev–Trinajstić information content (AvgIpc) is 3.32. The quantitative estimate of drug-likeness (QED) is 0.250. The summed E-state index contributed by atoms with van der Waals surface area (Å²) in [7, 11) is 1.35. The molecule has 12 heteroatoms. The number of halogens is 4. The average molecular weight is 602 g/mol. The summed E-state index contributed by atoms with van der Waals surface area (Å²) in [6.45, 7) is 2.26. The van der Waals surface area contributed by atoms with E-state index in [2.05, 4.69) is 27.4 Å². The summed E-state index contributed by atoms with van der Waals surface area (Å²) in [4.78, 5) is 13.9. The second-order valence-electron chi connectivity index (χ2n) is 10.8. The Hall–Kier alpha value is -3.95. The minimum absolute atomic E-state index is 0.0171. The van der Waals surface area contributed by atoms with E-state index in [1.54, 1.807) is 18.2 Å². The van der Waals surface area contributed by atoms with Crippen LogP contribution in [0.5, 0.6) is 5.75 Å². The molecule has 1 aromatic heterocycles. The van der Waals surface area contributed by atoms with E-state index in [9.17, 15) is 22.4 Å². The van der Waals surface area contributed by atoms with Gasteiger partial charge in [0.2, 0.25) is 0 Å². The maximum absolute atomic E-state index is 14.3. The number of ether oxygens (including phenoxy) is 2. The first-order valence-electron chi connectivity index (χ1n) is 14.3. The highest BCUT2D eigenvalue weighted by Gasteiger charge is 2.31. The number of nitrogens with two attached hydrogens (primary N) is 1. The molecule has 0 spiro atoms. The van der Waals surface area contributed by atoms with Crippen molar-refractivity contribution in [3.8, 4) is 17.6 Å². The van der Waals surface area contributed by atoms with Crippen molar-refractivity contribution in [2.75, 3.05) is 50.6 Å². The first-order valence-corrected chi connectivity index (χ1v) is 14.3. The van der Waals surface area contributed by atoms with Crippen molar-refractivity contribution < 1.29 is 31.8 Å². The van der Waals surface area contributed by atoms with Crippen LogP contribution in [0.1, 0.15) is 41.7 Å². The second-order valence-corrected chi connectivity index (χ2v) is 10.8. The minimum Gasteiger partial charge on any atom is -0.495 e. The van der Waals surface area contributed by atoms with E-state index in [-0.39, 0.29) is 35.3 Å². The van der Waals surface area contributed by atoms with E-state index in [0.29, 0.717) is 16.9 Å². The molecule has 230 valence electrons. The van der Waals surface area contributed by atoms with E-state index in [0.717, 1.165) is 63.7 Å². The molecule has 1 aliphatic carbocycles. The van der Waals surface area contributed by atoms with Gasteiger partial charge in [-0.3, -0.25) is 9.69 Å². The highest BCUT2D eigenvalue weighted by molar-refractivity contribution is 5.95. The van der Waals surface area contributed by atoms with Crippen LogP contribution in [-0.2, 0) is 11.3 Å². The fourth-order valence-electron chi connectivity index (χ4n) is 5.93. The van der Waals surface area contributed by atoms with Crippen LogP contribution in [0.2, 0.25) is 0 Å². The molecular formula is C31H35F4N5O3. The number of amides is 1. The van der Waals surface area contributed by atoms with E-state index in [1.165, 1.54) is 17.7 Å². The standard InChI is InChI=1S/C31H35F4N5O3/c1-42-29-17-23(30(36)41)25(32)18-27(29)37-11-3-4-22-16-24-26(5-2-6-28(24)40(22)19-31(33,34)35)38-20-7-9-21(10-8-20)39-12-14-43-15-13-39/h2,5-6,16-18,20-21,37-38H,7-15,19H2,1H3,(H2,36,41)/t20-,21+. The van der Waals surface area contributed by atoms with Crippen LogP contribution in [0.25, 0.3) is 10.9 Å². The van der Waals surface area contributed by atoms with Gasteiger partial charge in [0.15, 0.2) is 0 Å². The molecule has 43 heavy (non-hydrogen) atoms. The Labute approximate surface area is 247 Å². The predicted molar refractivity (Wildman–Crippen MR) is 157 cm³/mol. The zero-order valence-corrected chi connectivity index (χ0v) is 23.9. The lowest BCUT2D eigenvalue weighted by Crippen LogP contribution is -2.46. The molecule has 5 rings (SSSR count). The van der Waals surface area contributed by atoms with Crippen LogP contribution in [-0.4, -0.2) is 73.6 Å². The molecule has 0 radical (unpaired) electrons. The summed E-state index contributed by atoms with van der Waals surface area (Å²) in [5.74, 6) is 4.09. The van der Waals surface area contributed by atoms with E-state index < -0.39 is 24.4 Å². The number of aromatic nitrogens is 1. The number of nitrogens with one attached hydrogen (secondary N) is 2. The van der Waals surface area contributed by atoms with Gasteiger partial charge in [0.05, 0.1) is 49.3 Å². The minimum atomic E-state index is -4.45. The van der Waals surface area contributed by atoms with Gasteiger partial charge >= 0.3 is 6.18 Å². The van der Waals surface area contributed by atoms with Crippen molar-refractivity contribution in [2.45, 2.75) is 50.5 Å². The van der Waals surface area contributed by atoms with Crippen molar-refractivity contribution in [3.05, 3.63) is 53.5 Å². The number of primary amides is 1. The summed E-state index contributed by atoms with van der Waals surface area (Å²) >= 11 is 0. The van der Waals surface area contributed by atoms with Crippen molar-refractivity contribution in [2.24, 2.45) is 5.73 Å². The van der Waals surface area contributed by atoms with Gasteiger partial charge in [-0.15, -0.1) is 0 Å². The van der Waals surface area contributed by atoms with Gasteiger partial charge in [0, 0.05) is 42.3 Å². The molecule has 1 saturated heterocycles. The Morgan fingerprint density at radius 3 is 2.53 bits per heavy atom. The lowest BCUT2D eigenvalue weighted by molar-refractivity contribution is -0.140. The number of nitrogens with zero attached hydrogens (tertiary/aromatic N) is 2. The Morgan fingerprint density at radius 1 is 1.12 bits per heavy atom. The highest BCUT2D eigenvalue weighted by Crippen LogP contribution is 2.33. The third-order valence-electron chi connectivity index (χ3n) is 8.04. The summed E-state index contributed by atoms with van der Waals surface area (Å²) in [5, 5.41) is 7.15. The Balaban J connectivity index is 1.33. The topological polar surface area (TPSA) is 93.8 Å². The molecule has 1 saturated carbocycles. The number of hydrogen-bond acceptors (Lipinski definition) is 6. The molecule has 2 aromatic carbocycles. The van der Waals surface area contributed by atoms with Gasteiger partial charge < -0.3 is 30.4 Å². The van der Waals surface area contributed by atoms with Crippen LogP contribution in [0.4, 0.5) is 28.9 Å². The smallest absolute Gasteiger partial charge is 0.406 e. The van der Waals surface area contributed by atoms with Gasteiger partial charge in [-0.05, 0) is 55.9 Å². The summed E-state index contributed by atoms with van der Waals surface area (Å²) in [6, 6.07) is 10.0. The van der Waals surface area contributed by atoms with Gasteiger partial charge in [-0.2, -0.15) is 13.2 Å². The first-order chi connectivity index (χ1) is 20.6. The monoisotopic (exact) mass is 601 g/mol. The molecule has 4 N–H and O–H groups in total. The summed E-state index contributed by atoms with van der Waals surface area (Å²) < 4.78 is 67.0. The molecule has 0 atom stereocenters. The molecule has 8 nitrogen and oxygen atoms in total. The molecule has 0 bridgehead atoms. The van der Waals surface area contributed by atoms with Crippen molar-refractivity contribution in [3.63, 3.8) is 0 Å². The second kappa shape index (κ2) is 13.1. The van der Waals surface area contributed by atoms with Crippen molar-refractivity contribution >= 4 is 28.2 Å². The maximum Gasteiger partial charge on any atom is 0.406 e. The SMILES string of the molecule is COc1cc(C(N)=O)c(F)cc1NCC#Cc1cc2c(N[C@H]3CC[C@@H](N4CCOCC4)CC3)cccc2n1CC(F)(F)F. The van der Waals surface area contributed by atoms with Crippen LogP contribution in [0.3, 0.4) is 0 Å². The van der Waals surface area contributed by atoms with Gasteiger partial charge in [0.1, 0.15) is 18.1 Å². The summed E-state index contributed by atoms with van der Waals surface area (Å²) in [5.41, 5.74) is 6.53. The zero-order chi connectivity index (χ0) is 30.6. The first kappa shape index (κ1) is 30.5. The number of carbonyl (C=O) groups is 1. The number of rotatable bonds is 8. The highest BCUT2D eigenvalue weighted by atomic mass is 19.4. The van der Waals surface area contributed by atoms with E-state index in [4.69, 9.17) is 15.2 Å². The fourth-order valence-corrected chi connectivity index (χ4v) is 5.93. The molecule has 2 heterocycles. The maximum atomic E-state index is 14.3. The molecule has 1 amide bonds. The lowest BCUT2D eigenvalue weighted by Gasteiger charge is -2.39. The molecule has 2 fully saturated rings. The fraction of sp³-hybridized carbons (Fsp3) is 0.452. The number of hydrogen-bond donors (Lipinski definition) is 3. The molecular weight excluding hydrogens is 566 g/mol. The third kappa shape index (κ3) is 7.35. The lowest BCUT2D eigenvalue weighted by atomic mass is 9.89. The number of alkyl halides is 3. The van der Waals surface area contributed by atoms with E-state index in [1.807, 2.05) is 6.07 Å². The number of anilines is 2. The van der Waals surface area contributed by atoms with Gasteiger partial charge in [-0.25, -0.2) is 4.39 Å². The summed E-state index contributed by atoms with van der Waals surface area (Å²) in [6.07, 6.45) is -0.372. The number of benzene rings is 2. The predicted octanol–water partition coefficient (Wildman–Crippen LogP) is 4.97. The van der Waals surface area contributed by atoms with Crippen LogP contribution in [0, 0.1) is 17.7 Å². The molecule has 3 aromatic rings. The van der Waals surface area contributed by atoms with Gasteiger partial charge in [-0.1, -0.05) is 12.0 Å². The number of fused-ring (bicyclic) bond motifs is 1. The van der Waals surface area contributed by atoms with Crippen molar-refractivity contribution in [1.29, 1.82) is 0 Å². The number of morpholine rings is 1. The van der Waals surface area contributed by atoms with Gasteiger partial charge in [0.25, 0.3) is 5.91 Å². The molecule has 2 aliphatic rings. The Morgan fingerprint density at radius 2 is 1.86 bits per heavy atom. The van der Waals surface area contributed by atoms with Crippen LogP contribution in [0.15, 0.2) is 36.4 Å². The van der Waals surface area contributed by atoms with Crippen molar-refractivity contribution in [1.82, 2.24) is 9.47 Å². The Kier molecular flexibility index (Phi) is 9.32. The zero-order valence-electron chi connectivity index (χ0n) is 23.9. The third-order valence-corrected chi connectivity index (χ3v) is 8.04. The van der Waals surface area contributed by atoms with E-state index >= 15 is 0 Å². The normalized spacial score (nSPS) is 19.5. The molecule has 0 unspecified atom stereocenters. The van der Waals surface area contributed by atoms with Crippen LogP contribution >= 0.6 is 0 Å². The number of methoxy groups -OCH3 is 1. The largest absolute Gasteiger partial charge is 0.495 e.